The lowest BCUT2D eigenvalue weighted by Gasteiger charge is -2.36. The van der Waals surface area contributed by atoms with Gasteiger partial charge in [0, 0.05) is 12.1 Å². The highest BCUT2D eigenvalue weighted by Crippen LogP contribution is 2.62. The van der Waals surface area contributed by atoms with E-state index in [-0.39, 0.29) is 51.2 Å². The average Bonchev–Trinajstić information content (AvgIpc) is 2.61. The summed E-state index contributed by atoms with van der Waals surface area (Å²) in [4.78, 5) is 9.90. The molecule has 0 saturated heterocycles. The zero-order valence-corrected chi connectivity index (χ0v) is 19.2. The Morgan fingerprint density at radius 1 is 0.786 bits per heavy atom. The molecule has 0 rings (SSSR count). The van der Waals surface area contributed by atoms with Gasteiger partial charge in [-0.05, 0) is 27.7 Å². The lowest BCUT2D eigenvalue weighted by Crippen LogP contribution is -2.33. The Kier molecular flexibility index (Phi) is 17.0. The zero-order valence-electron chi connectivity index (χ0n) is 16.5. The molecule has 0 heterocycles. The van der Waals surface area contributed by atoms with Crippen LogP contribution in [0.1, 0.15) is 47.0 Å². The smallest absolute Gasteiger partial charge is 0.328 e. The van der Waals surface area contributed by atoms with Crippen LogP contribution in [0.5, 0.6) is 0 Å². The summed E-state index contributed by atoms with van der Waals surface area (Å²) in [6.07, 6.45) is 0.426. The van der Waals surface area contributed by atoms with Crippen molar-refractivity contribution in [2.24, 2.45) is 0 Å². The lowest BCUT2D eigenvalue weighted by molar-refractivity contribution is 0.193. The molecule has 28 heavy (non-hydrogen) atoms. The van der Waals surface area contributed by atoms with E-state index >= 15 is 0 Å². The summed E-state index contributed by atoms with van der Waals surface area (Å²) in [5, 5.41) is 26.0. The van der Waals surface area contributed by atoms with Crippen LogP contribution >= 0.6 is 25.7 Å². The summed E-state index contributed by atoms with van der Waals surface area (Å²) in [6, 6.07) is 6.01. The van der Waals surface area contributed by atoms with Crippen LogP contribution in [0.15, 0.2) is 0 Å². The SMILES string of the molecule is CC(C)N(C(C)C)P(OCCC#N)OP(OCCC#N)OP(O)OCCC#N. The fourth-order valence-corrected chi connectivity index (χ4v) is 5.82. The molecule has 10 nitrogen and oxygen atoms in total. The Labute approximate surface area is 170 Å². The Bertz CT molecular complexity index is 529. The van der Waals surface area contributed by atoms with Crippen LogP contribution in [0, 0.1) is 34.0 Å². The van der Waals surface area contributed by atoms with Crippen molar-refractivity contribution in [1.29, 1.82) is 15.8 Å². The molecule has 1 N–H and O–H groups in total. The van der Waals surface area contributed by atoms with Crippen LogP contribution in [0.4, 0.5) is 0 Å². The van der Waals surface area contributed by atoms with Crippen molar-refractivity contribution in [2.45, 2.75) is 59.0 Å². The second-order valence-electron chi connectivity index (χ2n) is 5.65. The molecule has 0 saturated carbocycles. The van der Waals surface area contributed by atoms with Gasteiger partial charge >= 0.3 is 17.2 Å². The van der Waals surface area contributed by atoms with Crippen LogP contribution in [-0.4, -0.2) is 41.5 Å². The van der Waals surface area contributed by atoms with E-state index in [4.69, 9.17) is 38.0 Å². The molecule has 3 atom stereocenters. The van der Waals surface area contributed by atoms with E-state index in [1.807, 2.05) is 50.6 Å². The lowest BCUT2D eigenvalue weighted by atomic mass is 10.3. The maximum atomic E-state index is 9.90. The number of rotatable bonds is 16. The summed E-state index contributed by atoms with van der Waals surface area (Å²) < 4.78 is 29.5. The minimum absolute atomic E-state index is 0.0115. The minimum atomic E-state index is -2.32. The van der Waals surface area contributed by atoms with Crippen LogP contribution in [0.2, 0.25) is 0 Å². The molecule has 0 aliphatic rings. The van der Waals surface area contributed by atoms with Crippen molar-refractivity contribution in [3.63, 3.8) is 0 Å². The molecule has 0 aromatic rings. The number of nitriles is 3. The predicted molar refractivity (Wildman–Crippen MR) is 106 cm³/mol. The van der Waals surface area contributed by atoms with Gasteiger partial charge in [0.2, 0.25) is 0 Å². The fraction of sp³-hybridized carbons (Fsp3) is 0.800. The van der Waals surface area contributed by atoms with E-state index < -0.39 is 25.7 Å². The fourth-order valence-electron chi connectivity index (χ4n) is 1.81. The molecule has 158 valence electrons. The average molecular weight is 452 g/mol. The van der Waals surface area contributed by atoms with E-state index in [2.05, 4.69) is 0 Å². The summed E-state index contributed by atoms with van der Waals surface area (Å²) in [6.45, 7) is 8.16. The maximum absolute atomic E-state index is 9.90. The number of nitrogens with zero attached hydrogens (tertiary/aromatic N) is 4. The Balaban J connectivity index is 5.16. The van der Waals surface area contributed by atoms with Gasteiger partial charge in [0.1, 0.15) is 0 Å². The molecule has 3 unspecified atom stereocenters. The van der Waals surface area contributed by atoms with Gasteiger partial charge in [-0.3, -0.25) is 0 Å². The van der Waals surface area contributed by atoms with E-state index in [0.717, 1.165) is 0 Å². The topological polar surface area (TPSA) is 141 Å². The number of hydrogen-bond acceptors (Lipinski definition) is 10. The molecule has 0 aromatic carbocycles. The van der Waals surface area contributed by atoms with E-state index in [0.29, 0.717) is 0 Å². The largest absolute Gasteiger partial charge is 0.346 e. The third-order valence-corrected chi connectivity index (χ3v) is 7.45. The molecular weight excluding hydrogens is 425 g/mol. The van der Waals surface area contributed by atoms with Crippen LogP contribution < -0.4 is 0 Å². The minimum Gasteiger partial charge on any atom is -0.328 e. The van der Waals surface area contributed by atoms with Crippen LogP contribution in [0.25, 0.3) is 0 Å². The predicted octanol–water partition coefficient (Wildman–Crippen LogP) is 4.60. The highest BCUT2D eigenvalue weighted by Gasteiger charge is 2.33. The molecule has 0 radical (unpaired) electrons. The molecule has 0 fully saturated rings. The zero-order chi connectivity index (χ0) is 21.4. The molecule has 0 aromatic heterocycles. The van der Waals surface area contributed by atoms with E-state index in [1.54, 1.807) is 0 Å². The molecule has 0 aliphatic carbocycles. The van der Waals surface area contributed by atoms with Crippen molar-refractivity contribution >= 4 is 25.7 Å². The molecule has 0 amide bonds. The molecule has 13 heteroatoms. The molecule has 0 aliphatic heterocycles. The van der Waals surface area contributed by atoms with Crippen molar-refractivity contribution < 1.29 is 27.1 Å². The standard InChI is InChI=1S/C15H27N4O6P3/c1-14(2)19(15(3)4)26(21-11-5-8-16)24-28(23-13-7-10-18)25-27(20)22-12-6-9-17/h14-15,20H,5-7,11-13H2,1-4H3. The highest BCUT2D eigenvalue weighted by molar-refractivity contribution is 7.61. The Morgan fingerprint density at radius 2 is 1.25 bits per heavy atom. The van der Waals surface area contributed by atoms with Crippen LogP contribution in [0.3, 0.4) is 0 Å². The maximum Gasteiger partial charge on any atom is 0.346 e. The Morgan fingerprint density at radius 3 is 1.71 bits per heavy atom. The first-order chi connectivity index (χ1) is 13.4. The second kappa shape index (κ2) is 17.3. The third kappa shape index (κ3) is 12.8. The van der Waals surface area contributed by atoms with Gasteiger partial charge in [-0.1, -0.05) is 0 Å². The van der Waals surface area contributed by atoms with Gasteiger partial charge < -0.3 is 18.5 Å². The monoisotopic (exact) mass is 452 g/mol. The molecular formula is C15H27N4O6P3. The molecule has 0 bridgehead atoms. The van der Waals surface area contributed by atoms with Gasteiger partial charge in [-0.2, -0.15) is 15.8 Å². The number of hydrogen-bond donors (Lipinski definition) is 1. The first kappa shape index (κ1) is 27.5. The normalized spacial score (nSPS) is 14.5. The summed E-state index contributed by atoms with van der Waals surface area (Å²) >= 11 is 0. The highest BCUT2D eigenvalue weighted by atomic mass is 31.3. The van der Waals surface area contributed by atoms with Crippen molar-refractivity contribution in [2.75, 3.05) is 19.8 Å². The Hall–Kier alpha value is -0.520. The van der Waals surface area contributed by atoms with Crippen molar-refractivity contribution in [3.05, 3.63) is 0 Å². The van der Waals surface area contributed by atoms with E-state index in [1.165, 1.54) is 0 Å². The van der Waals surface area contributed by atoms with Crippen molar-refractivity contribution in [3.8, 4) is 18.2 Å². The van der Waals surface area contributed by atoms with Gasteiger partial charge in [-0.15, -0.1) is 0 Å². The van der Waals surface area contributed by atoms with Crippen molar-refractivity contribution in [1.82, 2.24) is 4.67 Å². The van der Waals surface area contributed by atoms with E-state index in [9.17, 15) is 4.89 Å². The van der Waals surface area contributed by atoms with Gasteiger partial charge in [0.05, 0.1) is 57.3 Å². The quantitative estimate of drug-likeness (QED) is 0.261. The van der Waals surface area contributed by atoms with Gasteiger partial charge in [0.15, 0.2) is 0 Å². The first-order valence-electron chi connectivity index (χ1n) is 8.60. The summed E-state index contributed by atoms with van der Waals surface area (Å²) in [5.41, 5.74) is 0. The van der Waals surface area contributed by atoms with Crippen LogP contribution in [-0.2, 0) is 22.2 Å². The molecule has 0 spiro atoms. The summed E-state index contributed by atoms with van der Waals surface area (Å²) in [5.74, 6) is 0. The van der Waals surface area contributed by atoms with Gasteiger partial charge in [0.25, 0.3) is 8.53 Å². The summed E-state index contributed by atoms with van der Waals surface area (Å²) in [7, 11) is -6.05. The second-order valence-corrected chi connectivity index (χ2v) is 9.60. The van der Waals surface area contributed by atoms with Gasteiger partial charge in [-0.25, -0.2) is 13.3 Å². The first-order valence-corrected chi connectivity index (χ1v) is 12.0. The third-order valence-electron chi connectivity index (χ3n) is 2.76.